The predicted molar refractivity (Wildman–Crippen MR) is 104 cm³/mol. The molecule has 7 heteroatoms. The Hall–Kier alpha value is -3.12. The van der Waals surface area contributed by atoms with Gasteiger partial charge in [0, 0.05) is 34.6 Å². The first-order valence-corrected chi connectivity index (χ1v) is 9.19. The van der Waals surface area contributed by atoms with Crippen LogP contribution < -0.4 is 4.90 Å². The molecule has 3 aromatic rings. The van der Waals surface area contributed by atoms with E-state index in [2.05, 4.69) is 0 Å². The van der Waals surface area contributed by atoms with Crippen LogP contribution in [0.1, 0.15) is 33.8 Å². The number of hydrogen-bond donors (Lipinski definition) is 0. The molecule has 0 bridgehead atoms. The number of amides is 1. The number of ether oxygens (including phenoxy) is 1. The molecule has 2 heterocycles. The number of carbonyl (C=O) groups is 3. The minimum atomic E-state index is -0.722. The third-order valence-electron chi connectivity index (χ3n) is 4.59. The number of halogens is 1. The number of anilines is 1. The molecule has 0 aliphatic carbocycles. The van der Waals surface area contributed by atoms with E-state index >= 15 is 0 Å². The van der Waals surface area contributed by atoms with Crippen LogP contribution in [-0.4, -0.2) is 30.8 Å². The van der Waals surface area contributed by atoms with E-state index in [1.807, 2.05) is 0 Å². The lowest BCUT2D eigenvalue weighted by molar-refractivity contribution is -0.117. The first-order valence-electron chi connectivity index (χ1n) is 8.81. The molecule has 1 aromatic heterocycles. The third kappa shape index (κ3) is 3.64. The van der Waals surface area contributed by atoms with Crippen LogP contribution in [0.5, 0.6) is 0 Å². The maximum Gasteiger partial charge on any atom is 0.374 e. The van der Waals surface area contributed by atoms with E-state index in [1.54, 1.807) is 47.4 Å². The SMILES string of the molecule is O=C(COC(=O)c1cc2cc(Cl)ccc2o1)c1ccc(N2CCCC2=O)cc1. The average molecular weight is 398 g/mol. The van der Waals surface area contributed by atoms with Gasteiger partial charge in [-0.15, -0.1) is 0 Å². The highest BCUT2D eigenvalue weighted by Gasteiger charge is 2.22. The fourth-order valence-corrected chi connectivity index (χ4v) is 3.33. The molecule has 1 fully saturated rings. The summed E-state index contributed by atoms with van der Waals surface area (Å²) in [4.78, 5) is 37.9. The summed E-state index contributed by atoms with van der Waals surface area (Å²) in [7, 11) is 0. The number of Topliss-reactive ketones (excluding diaryl/α,β-unsaturated/α-hetero) is 1. The third-order valence-corrected chi connectivity index (χ3v) is 4.82. The highest BCUT2D eigenvalue weighted by Crippen LogP contribution is 2.24. The quantitative estimate of drug-likeness (QED) is 0.475. The summed E-state index contributed by atoms with van der Waals surface area (Å²) in [5, 5.41) is 1.21. The van der Waals surface area contributed by atoms with Crippen LogP contribution in [0.15, 0.2) is 52.9 Å². The Morgan fingerprint density at radius 1 is 1.11 bits per heavy atom. The molecule has 0 atom stereocenters. The van der Waals surface area contributed by atoms with Crippen molar-refractivity contribution < 1.29 is 23.5 Å². The van der Waals surface area contributed by atoms with Crippen molar-refractivity contribution in [3.05, 3.63) is 64.9 Å². The van der Waals surface area contributed by atoms with Crippen LogP contribution in [0.2, 0.25) is 5.02 Å². The molecule has 6 nitrogen and oxygen atoms in total. The van der Waals surface area contributed by atoms with Crippen LogP contribution in [0.4, 0.5) is 5.69 Å². The van der Waals surface area contributed by atoms with Gasteiger partial charge in [0.05, 0.1) is 0 Å². The van der Waals surface area contributed by atoms with Crippen LogP contribution in [-0.2, 0) is 9.53 Å². The van der Waals surface area contributed by atoms with Crippen LogP contribution in [0, 0.1) is 0 Å². The van der Waals surface area contributed by atoms with E-state index in [-0.39, 0.29) is 17.5 Å². The molecule has 1 aliphatic rings. The molecular formula is C21H16ClNO5. The monoisotopic (exact) mass is 397 g/mol. The van der Waals surface area contributed by atoms with Gasteiger partial charge in [0.15, 0.2) is 12.4 Å². The van der Waals surface area contributed by atoms with E-state index in [0.717, 1.165) is 12.1 Å². The van der Waals surface area contributed by atoms with Crippen molar-refractivity contribution in [2.75, 3.05) is 18.1 Å². The topological polar surface area (TPSA) is 76.8 Å². The lowest BCUT2D eigenvalue weighted by atomic mass is 10.1. The summed E-state index contributed by atoms with van der Waals surface area (Å²) in [5.74, 6) is -0.972. The van der Waals surface area contributed by atoms with E-state index in [0.29, 0.717) is 34.5 Å². The van der Waals surface area contributed by atoms with Crippen LogP contribution in [0.3, 0.4) is 0 Å². The zero-order valence-corrected chi connectivity index (χ0v) is 15.6. The second-order valence-corrected chi connectivity index (χ2v) is 6.92. The van der Waals surface area contributed by atoms with Gasteiger partial charge in [0.25, 0.3) is 0 Å². The van der Waals surface area contributed by atoms with E-state index in [1.165, 1.54) is 6.07 Å². The lowest BCUT2D eigenvalue weighted by Crippen LogP contribution is -2.23. The van der Waals surface area contributed by atoms with Gasteiger partial charge in [-0.2, -0.15) is 0 Å². The number of hydrogen-bond acceptors (Lipinski definition) is 5. The van der Waals surface area contributed by atoms with Crippen molar-refractivity contribution in [1.29, 1.82) is 0 Å². The molecule has 0 spiro atoms. The van der Waals surface area contributed by atoms with Crippen molar-refractivity contribution in [2.24, 2.45) is 0 Å². The minimum Gasteiger partial charge on any atom is -0.451 e. The van der Waals surface area contributed by atoms with E-state index in [4.69, 9.17) is 20.8 Å². The van der Waals surface area contributed by atoms with Gasteiger partial charge in [-0.25, -0.2) is 4.79 Å². The van der Waals surface area contributed by atoms with Crippen molar-refractivity contribution >= 4 is 45.9 Å². The summed E-state index contributed by atoms with van der Waals surface area (Å²) in [6.07, 6.45) is 1.38. The fraction of sp³-hybridized carbons (Fsp3) is 0.190. The molecule has 0 N–H and O–H groups in total. The van der Waals surface area contributed by atoms with Gasteiger partial charge in [0.1, 0.15) is 5.58 Å². The molecule has 28 heavy (non-hydrogen) atoms. The van der Waals surface area contributed by atoms with Gasteiger partial charge in [-0.05, 0) is 55.0 Å². The number of ketones is 1. The zero-order chi connectivity index (χ0) is 19.7. The molecule has 2 aromatic carbocycles. The lowest BCUT2D eigenvalue weighted by Gasteiger charge is -2.15. The van der Waals surface area contributed by atoms with Crippen molar-refractivity contribution in [2.45, 2.75) is 12.8 Å². The zero-order valence-electron chi connectivity index (χ0n) is 14.8. The fourth-order valence-electron chi connectivity index (χ4n) is 3.15. The Balaban J connectivity index is 1.39. The Kier molecular flexibility index (Phi) is 4.88. The summed E-state index contributed by atoms with van der Waals surface area (Å²) >= 11 is 5.91. The number of furan rings is 1. The number of esters is 1. The van der Waals surface area contributed by atoms with E-state index in [9.17, 15) is 14.4 Å². The van der Waals surface area contributed by atoms with Gasteiger partial charge in [-0.3, -0.25) is 9.59 Å². The molecular weight excluding hydrogens is 382 g/mol. The summed E-state index contributed by atoms with van der Waals surface area (Å²) in [6.45, 7) is 0.283. The number of fused-ring (bicyclic) bond motifs is 1. The molecule has 0 saturated carbocycles. The summed E-state index contributed by atoms with van der Waals surface area (Å²) in [6, 6.07) is 13.2. The van der Waals surface area contributed by atoms with Gasteiger partial charge in [-0.1, -0.05) is 11.6 Å². The Morgan fingerprint density at radius 3 is 2.61 bits per heavy atom. The summed E-state index contributed by atoms with van der Waals surface area (Å²) in [5.41, 5.74) is 1.67. The Bertz CT molecular complexity index is 1070. The largest absolute Gasteiger partial charge is 0.451 e. The first-order chi connectivity index (χ1) is 13.5. The number of nitrogens with zero attached hydrogens (tertiary/aromatic N) is 1. The standard InChI is InChI=1S/C21H16ClNO5/c22-15-5-8-18-14(10-15)11-19(28-18)21(26)27-12-17(24)13-3-6-16(7-4-13)23-9-1-2-20(23)25/h3-8,10-11H,1-2,9,12H2. The highest BCUT2D eigenvalue weighted by molar-refractivity contribution is 6.31. The van der Waals surface area contributed by atoms with E-state index < -0.39 is 12.6 Å². The van der Waals surface area contributed by atoms with Crippen LogP contribution >= 0.6 is 11.6 Å². The molecule has 1 aliphatic heterocycles. The molecule has 1 amide bonds. The van der Waals surface area contributed by atoms with Crippen molar-refractivity contribution in [3.8, 4) is 0 Å². The maximum atomic E-state index is 12.3. The summed E-state index contributed by atoms with van der Waals surface area (Å²) < 4.78 is 10.5. The molecule has 142 valence electrons. The normalized spacial score (nSPS) is 13.9. The van der Waals surface area contributed by atoms with Crippen molar-refractivity contribution in [3.63, 3.8) is 0 Å². The van der Waals surface area contributed by atoms with Gasteiger partial charge < -0.3 is 14.1 Å². The first kappa shape index (κ1) is 18.3. The Labute approximate surface area is 165 Å². The highest BCUT2D eigenvalue weighted by atomic mass is 35.5. The predicted octanol–water partition coefficient (Wildman–Crippen LogP) is 4.25. The molecule has 1 saturated heterocycles. The van der Waals surface area contributed by atoms with Crippen molar-refractivity contribution in [1.82, 2.24) is 0 Å². The smallest absolute Gasteiger partial charge is 0.374 e. The van der Waals surface area contributed by atoms with Gasteiger partial charge >= 0.3 is 5.97 Å². The molecule has 4 rings (SSSR count). The molecule has 0 unspecified atom stereocenters. The van der Waals surface area contributed by atoms with Crippen LogP contribution in [0.25, 0.3) is 11.0 Å². The Morgan fingerprint density at radius 2 is 1.89 bits per heavy atom. The number of carbonyl (C=O) groups excluding carboxylic acids is 3. The number of benzene rings is 2. The van der Waals surface area contributed by atoms with Gasteiger partial charge in [0.2, 0.25) is 11.7 Å². The second kappa shape index (κ2) is 7.48. The second-order valence-electron chi connectivity index (χ2n) is 6.49. The average Bonchev–Trinajstić information content (AvgIpc) is 3.31. The number of rotatable bonds is 5. The maximum absolute atomic E-state index is 12.3. The minimum absolute atomic E-state index is 0.00737. The molecule has 0 radical (unpaired) electrons.